The van der Waals surface area contributed by atoms with E-state index in [0.717, 1.165) is 44.9 Å². The lowest BCUT2D eigenvalue weighted by atomic mass is 9.46. The van der Waals surface area contributed by atoms with Gasteiger partial charge in [0.1, 0.15) is 6.10 Å². The fourth-order valence-electron chi connectivity index (χ4n) is 8.02. The Balaban J connectivity index is 1.63. The van der Waals surface area contributed by atoms with Crippen LogP contribution in [0.3, 0.4) is 0 Å². The van der Waals surface area contributed by atoms with E-state index in [9.17, 15) is 14.4 Å². The third kappa shape index (κ3) is 2.98. The number of esters is 2. The molecule has 7 atom stereocenters. The second-order valence-electron chi connectivity index (χ2n) is 10.7. The molecule has 0 aromatic carbocycles. The Morgan fingerprint density at radius 1 is 0.933 bits per heavy atom. The Morgan fingerprint density at radius 3 is 2.27 bits per heavy atom. The van der Waals surface area contributed by atoms with Crippen LogP contribution in [0, 0.1) is 28.6 Å². The van der Waals surface area contributed by atoms with E-state index in [4.69, 9.17) is 9.47 Å². The van der Waals surface area contributed by atoms with Crippen LogP contribution in [0.4, 0.5) is 0 Å². The van der Waals surface area contributed by atoms with E-state index in [0.29, 0.717) is 24.2 Å². The number of carbonyl (C=O) groups is 3. The Kier molecular flexibility index (Phi) is 5.18. The van der Waals surface area contributed by atoms with Crippen molar-refractivity contribution in [3.05, 3.63) is 11.6 Å². The fourth-order valence-corrected chi connectivity index (χ4v) is 8.02. The highest BCUT2D eigenvalue weighted by Gasteiger charge is 2.67. The van der Waals surface area contributed by atoms with Crippen LogP contribution in [0.2, 0.25) is 0 Å². The molecule has 3 unspecified atom stereocenters. The van der Waals surface area contributed by atoms with Crippen LogP contribution in [-0.4, -0.2) is 29.4 Å². The summed E-state index contributed by atoms with van der Waals surface area (Å²) in [6.07, 6.45) is 9.81. The fraction of sp³-hybridized carbons (Fsp3) is 0.800. The van der Waals surface area contributed by atoms with Crippen molar-refractivity contribution in [3.8, 4) is 0 Å². The van der Waals surface area contributed by atoms with Gasteiger partial charge in [0.25, 0.3) is 0 Å². The number of ether oxygens (including phenoxy) is 2. The van der Waals surface area contributed by atoms with Gasteiger partial charge in [-0.25, -0.2) is 0 Å². The van der Waals surface area contributed by atoms with Crippen molar-refractivity contribution >= 4 is 17.7 Å². The molecule has 0 N–H and O–H groups in total. The van der Waals surface area contributed by atoms with E-state index in [1.54, 1.807) is 6.92 Å². The van der Waals surface area contributed by atoms with Gasteiger partial charge < -0.3 is 9.47 Å². The van der Waals surface area contributed by atoms with Crippen molar-refractivity contribution in [1.29, 1.82) is 0 Å². The lowest BCUT2D eigenvalue weighted by Crippen LogP contribution is -2.58. The lowest BCUT2D eigenvalue weighted by Gasteiger charge is -2.59. The molecular formula is C25H36O5. The molecule has 0 radical (unpaired) electrons. The molecule has 0 aromatic heterocycles. The van der Waals surface area contributed by atoms with Crippen molar-refractivity contribution in [2.75, 3.05) is 0 Å². The first-order chi connectivity index (χ1) is 14.0. The molecule has 4 rings (SSSR count). The minimum atomic E-state index is -0.966. The molecule has 4 aliphatic rings. The minimum Gasteiger partial charge on any atom is -0.462 e. The highest BCUT2D eigenvalue weighted by molar-refractivity contribution is 5.89. The van der Waals surface area contributed by atoms with Crippen molar-refractivity contribution < 1.29 is 23.9 Å². The van der Waals surface area contributed by atoms with Gasteiger partial charge in [0.15, 0.2) is 11.4 Å². The van der Waals surface area contributed by atoms with Crippen LogP contribution in [0.1, 0.15) is 86.0 Å². The zero-order valence-electron chi connectivity index (χ0n) is 19.1. The maximum absolute atomic E-state index is 12.8. The van der Waals surface area contributed by atoms with Crippen molar-refractivity contribution in [2.45, 2.75) is 97.7 Å². The van der Waals surface area contributed by atoms with Gasteiger partial charge in [-0.1, -0.05) is 25.5 Å². The first kappa shape index (κ1) is 21.6. The summed E-state index contributed by atoms with van der Waals surface area (Å²) in [6, 6.07) is 0. The van der Waals surface area contributed by atoms with Gasteiger partial charge in [0.2, 0.25) is 0 Å². The van der Waals surface area contributed by atoms with Crippen LogP contribution in [0.5, 0.6) is 0 Å². The Morgan fingerprint density at radius 2 is 1.63 bits per heavy atom. The maximum Gasteiger partial charge on any atom is 0.303 e. The number of carbonyl (C=O) groups excluding carboxylic acids is 3. The molecule has 0 aromatic rings. The van der Waals surface area contributed by atoms with E-state index < -0.39 is 5.60 Å². The molecular weight excluding hydrogens is 380 g/mol. The predicted molar refractivity (Wildman–Crippen MR) is 112 cm³/mol. The third-order valence-electron chi connectivity index (χ3n) is 9.40. The molecule has 5 nitrogen and oxygen atoms in total. The number of rotatable bonds is 3. The number of allylic oxidation sites excluding steroid dienone is 1. The van der Waals surface area contributed by atoms with E-state index in [-0.39, 0.29) is 34.7 Å². The molecule has 3 fully saturated rings. The minimum absolute atomic E-state index is 0.00120. The molecule has 0 spiro atoms. The number of ketones is 1. The van der Waals surface area contributed by atoms with Crippen LogP contribution in [0.15, 0.2) is 11.6 Å². The predicted octanol–water partition coefficient (Wildman–Crippen LogP) is 4.77. The van der Waals surface area contributed by atoms with Gasteiger partial charge in [0.05, 0.1) is 0 Å². The van der Waals surface area contributed by atoms with Gasteiger partial charge in [-0.3, -0.25) is 14.4 Å². The molecule has 0 saturated heterocycles. The molecule has 166 valence electrons. The van der Waals surface area contributed by atoms with E-state index in [1.165, 1.54) is 19.4 Å². The monoisotopic (exact) mass is 416 g/mol. The Bertz CT molecular complexity index is 799. The third-order valence-corrected chi connectivity index (χ3v) is 9.40. The summed E-state index contributed by atoms with van der Waals surface area (Å²) < 4.78 is 11.4. The van der Waals surface area contributed by atoms with Crippen LogP contribution in [-0.2, 0) is 23.9 Å². The zero-order valence-corrected chi connectivity index (χ0v) is 19.1. The Hall–Kier alpha value is -1.65. The van der Waals surface area contributed by atoms with E-state index in [2.05, 4.69) is 19.9 Å². The molecule has 0 bridgehead atoms. The molecule has 3 saturated carbocycles. The summed E-state index contributed by atoms with van der Waals surface area (Å²) in [6.45, 7) is 9.11. The van der Waals surface area contributed by atoms with Gasteiger partial charge in [-0.15, -0.1) is 0 Å². The summed E-state index contributed by atoms with van der Waals surface area (Å²) in [5.74, 6) is 0.939. The first-order valence-electron chi connectivity index (χ1n) is 11.6. The second kappa shape index (κ2) is 7.20. The van der Waals surface area contributed by atoms with Gasteiger partial charge in [0, 0.05) is 25.7 Å². The summed E-state index contributed by atoms with van der Waals surface area (Å²) in [5.41, 5.74) is 0.346. The topological polar surface area (TPSA) is 69.7 Å². The number of fused-ring (bicyclic) bond motifs is 5. The molecule has 0 heterocycles. The maximum atomic E-state index is 12.8. The van der Waals surface area contributed by atoms with Crippen molar-refractivity contribution in [1.82, 2.24) is 0 Å². The van der Waals surface area contributed by atoms with Gasteiger partial charge in [-0.05, 0) is 75.0 Å². The van der Waals surface area contributed by atoms with Gasteiger partial charge >= 0.3 is 11.9 Å². The summed E-state index contributed by atoms with van der Waals surface area (Å²) in [5, 5.41) is 0. The quantitative estimate of drug-likeness (QED) is 0.489. The van der Waals surface area contributed by atoms with E-state index >= 15 is 0 Å². The molecule has 30 heavy (non-hydrogen) atoms. The Labute approximate surface area is 179 Å². The SMILES string of the molecule is CC(=O)O[C@H]1CC[C@@]2(C)C(=CCC3C2CC[C@@]2(C)C3CC[C@@]2(OC(C)=O)C(C)=O)C1. The second-order valence-corrected chi connectivity index (χ2v) is 10.7. The standard InChI is InChI=1S/C25H36O5/c1-15(26)25(30-17(3)28)13-10-22-20-7-6-18-14-19(29-16(2)27)8-11-23(18,4)21(20)9-12-24(22,25)5/h6,19-22H,7-14H2,1-5H3/t19-,20?,21?,22?,23-,24-,25+/m0/s1. The molecule has 0 aliphatic heterocycles. The summed E-state index contributed by atoms with van der Waals surface area (Å²) in [4.78, 5) is 36.2. The molecule has 0 amide bonds. The number of Topliss-reactive ketones (excluding diaryl/α,β-unsaturated/α-hetero) is 1. The first-order valence-corrected chi connectivity index (χ1v) is 11.6. The summed E-state index contributed by atoms with van der Waals surface area (Å²) >= 11 is 0. The average molecular weight is 417 g/mol. The molecule has 4 aliphatic carbocycles. The number of hydrogen-bond acceptors (Lipinski definition) is 5. The van der Waals surface area contributed by atoms with Gasteiger partial charge in [-0.2, -0.15) is 0 Å². The van der Waals surface area contributed by atoms with Crippen LogP contribution >= 0.6 is 0 Å². The largest absolute Gasteiger partial charge is 0.462 e. The van der Waals surface area contributed by atoms with Crippen molar-refractivity contribution in [2.24, 2.45) is 28.6 Å². The smallest absolute Gasteiger partial charge is 0.303 e. The highest BCUT2D eigenvalue weighted by Crippen LogP contribution is 2.68. The van der Waals surface area contributed by atoms with Crippen molar-refractivity contribution in [3.63, 3.8) is 0 Å². The normalized spacial score (nSPS) is 44.8. The lowest BCUT2D eigenvalue weighted by molar-refractivity contribution is -0.186. The van der Waals surface area contributed by atoms with Crippen LogP contribution < -0.4 is 0 Å². The highest BCUT2D eigenvalue weighted by atomic mass is 16.6. The summed E-state index contributed by atoms with van der Waals surface area (Å²) in [7, 11) is 0. The average Bonchev–Trinajstić information content (AvgIpc) is 2.94. The zero-order chi connectivity index (χ0) is 21.9. The van der Waals surface area contributed by atoms with E-state index in [1.807, 2.05) is 0 Å². The van der Waals surface area contributed by atoms with Crippen LogP contribution in [0.25, 0.3) is 0 Å². The molecule has 5 heteroatoms. The number of hydrogen-bond donors (Lipinski definition) is 0.